The van der Waals surface area contributed by atoms with Crippen molar-refractivity contribution in [2.24, 2.45) is 0 Å². The number of amides is 2. The first-order chi connectivity index (χ1) is 15.8. The Morgan fingerprint density at radius 3 is 2.33 bits per heavy atom. The largest absolute Gasteiger partial charge is 0.321 e. The van der Waals surface area contributed by atoms with Gasteiger partial charge < -0.3 is 10.2 Å². The fourth-order valence-corrected chi connectivity index (χ4v) is 4.44. The molecule has 0 bridgehead atoms. The molecule has 33 heavy (non-hydrogen) atoms. The van der Waals surface area contributed by atoms with E-state index >= 15 is 0 Å². The van der Waals surface area contributed by atoms with Crippen LogP contribution in [0, 0.1) is 32.1 Å². The fourth-order valence-electron chi connectivity index (χ4n) is 4.25. The number of nitriles is 1. The molecule has 1 aliphatic heterocycles. The van der Waals surface area contributed by atoms with Gasteiger partial charge in [0, 0.05) is 16.3 Å². The lowest BCUT2D eigenvalue weighted by Crippen LogP contribution is -2.27. The number of anilines is 2. The van der Waals surface area contributed by atoms with Gasteiger partial charge in [0.25, 0.3) is 11.8 Å². The lowest BCUT2D eigenvalue weighted by atomic mass is 10.0. The highest BCUT2D eigenvalue weighted by Gasteiger charge is 2.36. The predicted octanol–water partition coefficient (Wildman–Crippen LogP) is 5.73. The van der Waals surface area contributed by atoms with E-state index in [0.717, 1.165) is 22.3 Å². The van der Waals surface area contributed by atoms with E-state index in [1.165, 1.54) is 0 Å². The zero-order valence-electron chi connectivity index (χ0n) is 18.6. The maximum atomic E-state index is 13.5. The van der Waals surface area contributed by atoms with Gasteiger partial charge in [-0.3, -0.25) is 9.59 Å². The number of benzene rings is 3. The molecule has 0 aliphatic carbocycles. The fraction of sp³-hybridized carbons (Fsp3) is 0.148. The molecule has 0 saturated carbocycles. The second-order valence-corrected chi connectivity index (χ2v) is 8.50. The Morgan fingerprint density at radius 1 is 1.03 bits per heavy atom. The van der Waals surface area contributed by atoms with Gasteiger partial charge in [-0.05, 0) is 49.6 Å². The molecule has 0 radical (unpaired) electrons. The molecule has 5 nitrogen and oxygen atoms in total. The summed E-state index contributed by atoms with van der Waals surface area (Å²) in [4.78, 5) is 28.3. The highest BCUT2D eigenvalue weighted by Crippen LogP contribution is 2.40. The van der Waals surface area contributed by atoms with Crippen LogP contribution in [0.4, 0.5) is 11.4 Å². The number of hydrogen-bond acceptors (Lipinski definition) is 3. The number of carbonyl (C=O) groups is 2. The molecule has 3 aromatic carbocycles. The van der Waals surface area contributed by atoms with E-state index < -0.39 is 11.8 Å². The second kappa shape index (κ2) is 8.93. The van der Waals surface area contributed by atoms with Crippen LogP contribution in [-0.4, -0.2) is 11.8 Å². The number of carbonyl (C=O) groups excluding carboxylic acids is 2. The minimum absolute atomic E-state index is 0.0973. The van der Waals surface area contributed by atoms with E-state index in [1.54, 1.807) is 29.2 Å². The smallest absolute Gasteiger partial charge is 0.267 e. The zero-order chi connectivity index (χ0) is 23.7. The average Bonchev–Trinajstić information content (AvgIpc) is 3.05. The number of hydrogen-bond donors (Lipinski definition) is 1. The molecule has 164 valence electrons. The number of fused-ring (bicyclic) bond motifs is 1. The summed E-state index contributed by atoms with van der Waals surface area (Å²) < 4.78 is 0. The highest BCUT2D eigenvalue weighted by atomic mass is 35.5. The maximum absolute atomic E-state index is 13.5. The molecule has 0 fully saturated rings. The van der Waals surface area contributed by atoms with E-state index in [1.807, 2.05) is 63.2 Å². The second-order valence-electron chi connectivity index (χ2n) is 8.09. The summed E-state index contributed by atoms with van der Waals surface area (Å²) in [7, 11) is 0. The van der Waals surface area contributed by atoms with Crippen LogP contribution in [0.3, 0.4) is 0 Å². The van der Waals surface area contributed by atoms with Crippen molar-refractivity contribution in [3.05, 3.63) is 99.1 Å². The summed E-state index contributed by atoms with van der Waals surface area (Å²) in [5, 5.41) is 13.3. The van der Waals surface area contributed by atoms with Crippen LogP contribution >= 0.6 is 11.6 Å². The molecular weight excluding hydrogens is 434 g/mol. The van der Waals surface area contributed by atoms with Crippen molar-refractivity contribution in [3.8, 4) is 6.07 Å². The van der Waals surface area contributed by atoms with Crippen LogP contribution in [-0.2, 0) is 16.1 Å². The molecule has 6 heteroatoms. The standard InChI is InChI=1S/C27H22ClN3O2/c1-16-12-17(2)25(18(3)13-16)30-26(32)21(14-29)24-20-9-5-7-11-23(20)31(27(24)33)15-19-8-4-6-10-22(19)28/h4-13H,15H2,1-3H3,(H,30,32). The number of halogens is 1. The molecule has 1 heterocycles. The Labute approximate surface area is 197 Å². The van der Waals surface area contributed by atoms with Gasteiger partial charge in [0.1, 0.15) is 11.6 Å². The summed E-state index contributed by atoms with van der Waals surface area (Å²) in [6.07, 6.45) is 0. The van der Waals surface area contributed by atoms with E-state index in [9.17, 15) is 14.9 Å². The summed E-state index contributed by atoms with van der Waals surface area (Å²) in [5.41, 5.74) is 5.36. The van der Waals surface area contributed by atoms with Crippen molar-refractivity contribution < 1.29 is 9.59 Å². The maximum Gasteiger partial charge on any atom is 0.267 e. The third-order valence-corrected chi connectivity index (χ3v) is 6.08. The summed E-state index contributed by atoms with van der Waals surface area (Å²) in [6, 6.07) is 20.3. The third-order valence-electron chi connectivity index (χ3n) is 5.71. The van der Waals surface area contributed by atoms with Gasteiger partial charge in [0.15, 0.2) is 0 Å². The van der Waals surface area contributed by atoms with Crippen molar-refractivity contribution in [1.29, 1.82) is 5.26 Å². The molecule has 4 rings (SSSR count). The lowest BCUT2D eigenvalue weighted by Gasteiger charge is -2.18. The monoisotopic (exact) mass is 455 g/mol. The molecule has 3 aromatic rings. The number of nitrogens with one attached hydrogen (secondary N) is 1. The van der Waals surface area contributed by atoms with Gasteiger partial charge in [-0.2, -0.15) is 5.26 Å². The summed E-state index contributed by atoms with van der Waals surface area (Å²) in [6.45, 7) is 6.01. The minimum Gasteiger partial charge on any atom is -0.321 e. The number of rotatable bonds is 4. The van der Waals surface area contributed by atoms with Crippen molar-refractivity contribution in [2.75, 3.05) is 10.2 Å². The molecule has 1 N–H and O–H groups in total. The molecule has 0 saturated heterocycles. The summed E-state index contributed by atoms with van der Waals surface area (Å²) in [5.74, 6) is -1.01. The van der Waals surface area contributed by atoms with Gasteiger partial charge in [0.2, 0.25) is 0 Å². The van der Waals surface area contributed by atoms with Crippen molar-refractivity contribution >= 4 is 40.4 Å². The first-order valence-electron chi connectivity index (χ1n) is 10.5. The lowest BCUT2D eigenvalue weighted by molar-refractivity contribution is -0.114. The van der Waals surface area contributed by atoms with Crippen LogP contribution < -0.4 is 10.2 Å². The zero-order valence-corrected chi connectivity index (χ0v) is 19.3. The molecule has 0 atom stereocenters. The van der Waals surface area contributed by atoms with Gasteiger partial charge in [-0.25, -0.2) is 0 Å². The number of aryl methyl sites for hydroxylation is 3. The molecule has 2 amide bonds. The van der Waals surface area contributed by atoms with Crippen molar-refractivity contribution in [3.63, 3.8) is 0 Å². The van der Waals surface area contributed by atoms with Crippen molar-refractivity contribution in [1.82, 2.24) is 0 Å². The Hall–Kier alpha value is -3.88. The van der Waals surface area contributed by atoms with Gasteiger partial charge >= 0.3 is 0 Å². The molecule has 0 unspecified atom stereocenters. The van der Waals surface area contributed by atoms with E-state index in [4.69, 9.17) is 11.6 Å². The Balaban J connectivity index is 1.77. The van der Waals surface area contributed by atoms with Crippen LogP contribution in [0.1, 0.15) is 27.8 Å². The van der Waals surface area contributed by atoms with Crippen molar-refractivity contribution in [2.45, 2.75) is 27.3 Å². The third kappa shape index (κ3) is 4.13. The quantitative estimate of drug-likeness (QED) is 0.403. The number of para-hydroxylation sites is 1. The van der Waals surface area contributed by atoms with Crippen LogP contribution in [0.25, 0.3) is 5.57 Å². The van der Waals surface area contributed by atoms with Crippen LogP contribution in [0.5, 0.6) is 0 Å². The Bertz CT molecular complexity index is 1340. The Morgan fingerprint density at radius 2 is 1.67 bits per heavy atom. The average molecular weight is 456 g/mol. The van der Waals surface area contributed by atoms with Crippen LogP contribution in [0.15, 0.2) is 66.2 Å². The van der Waals surface area contributed by atoms with E-state index in [2.05, 4.69) is 5.32 Å². The Kier molecular flexibility index (Phi) is 6.04. The number of nitrogens with zero attached hydrogens (tertiary/aromatic N) is 2. The first-order valence-corrected chi connectivity index (χ1v) is 10.9. The van der Waals surface area contributed by atoms with Gasteiger partial charge in [0.05, 0.1) is 17.8 Å². The van der Waals surface area contributed by atoms with E-state index in [-0.39, 0.29) is 17.7 Å². The molecular formula is C27H22ClN3O2. The predicted molar refractivity (Wildman–Crippen MR) is 131 cm³/mol. The molecule has 1 aliphatic rings. The SMILES string of the molecule is Cc1cc(C)c(NC(=O)C(C#N)=C2C(=O)N(Cc3ccccc3Cl)c3ccccc32)c(C)c1. The van der Waals surface area contributed by atoms with Crippen LogP contribution in [0.2, 0.25) is 5.02 Å². The van der Waals surface area contributed by atoms with Gasteiger partial charge in [-0.15, -0.1) is 0 Å². The topological polar surface area (TPSA) is 73.2 Å². The normalized spacial score (nSPS) is 14.0. The minimum atomic E-state index is -0.606. The van der Waals surface area contributed by atoms with E-state index in [0.29, 0.717) is 22.0 Å². The molecule has 0 aromatic heterocycles. The highest BCUT2D eigenvalue weighted by molar-refractivity contribution is 6.38. The molecule has 0 spiro atoms. The van der Waals surface area contributed by atoms with Gasteiger partial charge in [-0.1, -0.05) is 65.7 Å². The summed E-state index contributed by atoms with van der Waals surface area (Å²) >= 11 is 6.32. The first kappa shape index (κ1) is 22.3.